The van der Waals surface area contributed by atoms with Crippen LogP contribution in [0.5, 0.6) is 5.75 Å². The number of benzene rings is 1. The molecule has 0 fully saturated rings. The average molecular weight is 230 g/mol. The third-order valence-corrected chi connectivity index (χ3v) is 2.28. The highest BCUT2D eigenvalue weighted by molar-refractivity contribution is 9.10. The lowest BCUT2D eigenvalue weighted by Crippen LogP contribution is -2.11. The normalized spacial score (nSPS) is 10.2. The molecule has 1 rings (SSSR count). The molecule has 2 N–H and O–H groups in total. The van der Waals surface area contributed by atoms with Gasteiger partial charge in [0.2, 0.25) is 0 Å². The van der Waals surface area contributed by atoms with E-state index in [2.05, 4.69) is 21.2 Å². The SMILES string of the molecule is CCNCc1cccc(Br)c1O. The van der Waals surface area contributed by atoms with E-state index in [4.69, 9.17) is 0 Å². The summed E-state index contributed by atoms with van der Waals surface area (Å²) >= 11 is 3.26. The van der Waals surface area contributed by atoms with Crippen molar-refractivity contribution in [2.75, 3.05) is 6.54 Å². The maximum Gasteiger partial charge on any atom is 0.134 e. The second kappa shape index (κ2) is 4.48. The summed E-state index contributed by atoms with van der Waals surface area (Å²) in [4.78, 5) is 0. The minimum atomic E-state index is 0.332. The fraction of sp³-hybridized carbons (Fsp3) is 0.333. The number of halogens is 1. The lowest BCUT2D eigenvalue weighted by molar-refractivity contribution is 0.461. The van der Waals surface area contributed by atoms with Crippen LogP contribution >= 0.6 is 15.9 Å². The Hall–Kier alpha value is -0.540. The summed E-state index contributed by atoms with van der Waals surface area (Å²) in [6, 6.07) is 5.64. The Balaban J connectivity index is 2.78. The van der Waals surface area contributed by atoms with E-state index in [-0.39, 0.29) is 0 Å². The lowest BCUT2D eigenvalue weighted by atomic mass is 10.2. The Morgan fingerprint density at radius 3 is 2.92 bits per heavy atom. The van der Waals surface area contributed by atoms with Crippen LogP contribution in [0.1, 0.15) is 12.5 Å². The molecule has 66 valence electrons. The number of aromatic hydroxyl groups is 1. The third kappa shape index (κ3) is 2.22. The van der Waals surface area contributed by atoms with Gasteiger partial charge < -0.3 is 10.4 Å². The number of phenolic OH excluding ortho intramolecular Hbond substituents is 1. The largest absolute Gasteiger partial charge is 0.506 e. The molecule has 0 heterocycles. The van der Waals surface area contributed by atoms with Crippen LogP contribution in [0.4, 0.5) is 0 Å². The number of hydrogen-bond donors (Lipinski definition) is 2. The molecule has 1 aromatic rings. The van der Waals surface area contributed by atoms with Crippen molar-refractivity contribution in [2.45, 2.75) is 13.5 Å². The van der Waals surface area contributed by atoms with Gasteiger partial charge in [-0.05, 0) is 28.5 Å². The van der Waals surface area contributed by atoms with Gasteiger partial charge in [-0.2, -0.15) is 0 Å². The van der Waals surface area contributed by atoms with Crippen LogP contribution in [-0.4, -0.2) is 11.7 Å². The molecule has 0 aliphatic heterocycles. The molecule has 2 nitrogen and oxygen atoms in total. The van der Waals surface area contributed by atoms with Crippen molar-refractivity contribution in [2.24, 2.45) is 0 Å². The highest BCUT2D eigenvalue weighted by atomic mass is 79.9. The minimum absolute atomic E-state index is 0.332. The highest BCUT2D eigenvalue weighted by Gasteiger charge is 2.02. The molecular formula is C9H12BrNO. The van der Waals surface area contributed by atoms with Gasteiger partial charge in [-0.3, -0.25) is 0 Å². The molecule has 0 aliphatic rings. The Morgan fingerprint density at radius 1 is 1.50 bits per heavy atom. The number of nitrogens with one attached hydrogen (secondary N) is 1. The summed E-state index contributed by atoms with van der Waals surface area (Å²) in [6.45, 7) is 3.66. The Bertz CT molecular complexity index is 263. The van der Waals surface area contributed by atoms with Gasteiger partial charge >= 0.3 is 0 Å². The maximum absolute atomic E-state index is 9.54. The van der Waals surface area contributed by atoms with E-state index in [1.807, 2.05) is 25.1 Å². The second-order valence-electron chi connectivity index (χ2n) is 2.53. The molecule has 0 unspecified atom stereocenters. The van der Waals surface area contributed by atoms with Crippen LogP contribution in [0.15, 0.2) is 22.7 Å². The van der Waals surface area contributed by atoms with Crippen molar-refractivity contribution in [3.8, 4) is 5.75 Å². The van der Waals surface area contributed by atoms with Gasteiger partial charge in [-0.25, -0.2) is 0 Å². The van der Waals surface area contributed by atoms with Crippen molar-refractivity contribution >= 4 is 15.9 Å². The molecule has 12 heavy (non-hydrogen) atoms. The zero-order valence-corrected chi connectivity index (χ0v) is 8.56. The molecule has 0 aromatic heterocycles. The van der Waals surface area contributed by atoms with Crippen molar-refractivity contribution in [1.29, 1.82) is 0 Å². The molecule has 0 atom stereocenters. The monoisotopic (exact) mass is 229 g/mol. The van der Waals surface area contributed by atoms with Crippen LogP contribution in [0, 0.1) is 0 Å². The predicted molar refractivity (Wildman–Crippen MR) is 53.2 cm³/mol. The van der Waals surface area contributed by atoms with E-state index in [1.165, 1.54) is 0 Å². The third-order valence-electron chi connectivity index (χ3n) is 1.64. The van der Waals surface area contributed by atoms with E-state index < -0.39 is 0 Å². The van der Waals surface area contributed by atoms with Gasteiger partial charge in [-0.15, -0.1) is 0 Å². The van der Waals surface area contributed by atoms with Crippen molar-refractivity contribution in [3.63, 3.8) is 0 Å². The average Bonchev–Trinajstić information content (AvgIpc) is 2.08. The Kier molecular flexibility index (Phi) is 3.56. The molecule has 0 saturated carbocycles. The van der Waals surface area contributed by atoms with Crippen molar-refractivity contribution in [1.82, 2.24) is 5.32 Å². The topological polar surface area (TPSA) is 32.3 Å². The summed E-state index contributed by atoms with van der Waals surface area (Å²) in [5, 5.41) is 12.7. The number of hydrogen-bond acceptors (Lipinski definition) is 2. The first kappa shape index (κ1) is 9.55. The first-order valence-corrected chi connectivity index (χ1v) is 4.72. The predicted octanol–water partition coefficient (Wildman–Crippen LogP) is 2.26. The fourth-order valence-corrected chi connectivity index (χ4v) is 1.37. The van der Waals surface area contributed by atoms with Crippen LogP contribution in [0.2, 0.25) is 0 Å². The summed E-state index contributed by atoms with van der Waals surface area (Å²) in [6.07, 6.45) is 0. The Morgan fingerprint density at radius 2 is 2.25 bits per heavy atom. The van der Waals surface area contributed by atoms with Crippen LogP contribution in [0.25, 0.3) is 0 Å². The smallest absolute Gasteiger partial charge is 0.134 e. The Labute approximate surface area is 80.7 Å². The van der Waals surface area contributed by atoms with E-state index in [1.54, 1.807) is 0 Å². The van der Waals surface area contributed by atoms with Gasteiger partial charge in [0.05, 0.1) is 4.47 Å². The van der Waals surface area contributed by atoms with Gasteiger partial charge in [0.25, 0.3) is 0 Å². The summed E-state index contributed by atoms with van der Waals surface area (Å²) in [5.74, 6) is 0.332. The molecular weight excluding hydrogens is 218 g/mol. The molecule has 0 spiro atoms. The zero-order chi connectivity index (χ0) is 8.97. The van der Waals surface area contributed by atoms with Crippen molar-refractivity contribution in [3.05, 3.63) is 28.2 Å². The van der Waals surface area contributed by atoms with E-state index >= 15 is 0 Å². The molecule has 1 aromatic carbocycles. The van der Waals surface area contributed by atoms with E-state index in [0.29, 0.717) is 12.3 Å². The summed E-state index contributed by atoms with van der Waals surface area (Å²) in [5.41, 5.74) is 0.922. The molecule has 0 saturated heterocycles. The van der Waals surface area contributed by atoms with Gasteiger partial charge in [0.1, 0.15) is 5.75 Å². The molecule has 0 bridgehead atoms. The van der Waals surface area contributed by atoms with Gasteiger partial charge in [0, 0.05) is 12.1 Å². The van der Waals surface area contributed by atoms with Gasteiger partial charge in [0.15, 0.2) is 0 Å². The quantitative estimate of drug-likeness (QED) is 0.834. The zero-order valence-electron chi connectivity index (χ0n) is 6.97. The molecule has 0 radical (unpaired) electrons. The van der Waals surface area contributed by atoms with Crippen molar-refractivity contribution < 1.29 is 5.11 Å². The number of para-hydroxylation sites is 1. The number of phenols is 1. The standard InChI is InChI=1S/C9H12BrNO/c1-2-11-6-7-4-3-5-8(10)9(7)12/h3-5,11-12H,2,6H2,1H3. The highest BCUT2D eigenvalue weighted by Crippen LogP contribution is 2.26. The molecule has 0 amide bonds. The molecule has 0 aliphatic carbocycles. The number of rotatable bonds is 3. The summed E-state index contributed by atoms with van der Waals surface area (Å²) in [7, 11) is 0. The van der Waals surface area contributed by atoms with Crippen LogP contribution < -0.4 is 5.32 Å². The van der Waals surface area contributed by atoms with Crippen LogP contribution in [-0.2, 0) is 6.54 Å². The van der Waals surface area contributed by atoms with E-state index in [0.717, 1.165) is 16.6 Å². The molecule has 3 heteroatoms. The first-order chi connectivity index (χ1) is 5.75. The van der Waals surface area contributed by atoms with Crippen LogP contribution in [0.3, 0.4) is 0 Å². The minimum Gasteiger partial charge on any atom is -0.506 e. The fourth-order valence-electron chi connectivity index (χ4n) is 0.962. The maximum atomic E-state index is 9.54. The summed E-state index contributed by atoms with van der Waals surface area (Å²) < 4.78 is 0.748. The lowest BCUT2D eigenvalue weighted by Gasteiger charge is -2.05. The second-order valence-corrected chi connectivity index (χ2v) is 3.38. The van der Waals surface area contributed by atoms with Gasteiger partial charge in [-0.1, -0.05) is 19.1 Å². The van der Waals surface area contributed by atoms with E-state index in [9.17, 15) is 5.11 Å². The first-order valence-electron chi connectivity index (χ1n) is 3.92.